The molecule has 0 bridgehead atoms. The first kappa shape index (κ1) is 26.0. The maximum absolute atomic E-state index is 12.5. The largest absolute Gasteiger partial charge is 0.290 e. The van der Waals surface area contributed by atoms with E-state index >= 15 is 0 Å². The molecule has 0 aromatic heterocycles. The quantitative estimate of drug-likeness (QED) is 0.198. The fourth-order valence-corrected chi connectivity index (χ4v) is 2.96. The van der Waals surface area contributed by atoms with Gasteiger partial charge in [-0.2, -0.15) is 0 Å². The Morgan fingerprint density at radius 3 is 1.29 bits per heavy atom. The van der Waals surface area contributed by atoms with Crippen molar-refractivity contribution in [2.45, 2.75) is 80.1 Å². The van der Waals surface area contributed by atoms with Crippen molar-refractivity contribution in [1.82, 2.24) is 0 Å². The second-order valence-electron chi connectivity index (χ2n) is 8.89. The zero-order valence-corrected chi connectivity index (χ0v) is 18.7. The van der Waals surface area contributed by atoms with E-state index in [4.69, 9.17) is 0 Å². The van der Waals surface area contributed by atoms with Gasteiger partial charge in [0.25, 0.3) is 5.78 Å². The summed E-state index contributed by atoms with van der Waals surface area (Å²) in [6, 6.07) is 0. The molecule has 28 heavy (non-hydrogen) atoms. The van der Waals surface area contributed by atoms with Crippen LogP contribution in [-0.4, -0.2) is 17.3 Å². The van der Waals surface area contributed by atoms with E-state index in [0.29, 0.717) is 12.8 Å². The molecule has 0 aliphatic carbocycles. The van der Waals surface area contributed by atoms with Crippen molar-refractivity contribution < 1.29 is 14.4 Å². The highest BCUT2D eigenvalue weighted by Crippen LogP contribution is 2.32. The summed E-state index contributed by atoms with van der Waals surface area (Å²) < 4.78 is 0. The Bertz CT molecular complexity index is 601. The fourth-order valence-electron chi connectivity index (χ4n) is 2.96. The number of hydrogen-bond donors (Lipinski definition) is 0. The molecule has 2 atom stereocenters. The summed E-state index contributed by atoms with van der Waals surface area (Å²) in [5.74, 6) is -2.15. The Kier molecular flexibility index (Phi) is 10.9. The molecule has 0 radical (unpaired) electrons. The van der Waals surface area contributed by atoms with Crippen LogP contribution in [0, 0.1) is 10.8 Å². The average Bonchev–Trinajstić information content (AvgIpc) is 2.60. The number of hydrogen-bond acceptors (Lipinski definition) is 3. The third kappa shape index (κ3) is 9.77. The first-order valence-electron chi connectivity index (χ1n) is 10.0. The Hall–Kier alpha value is -2.03. The molecule has 3 nitrogen and oxygen atoms in total. The van der Waals surface area contributed by atoms with Crippen molar-refractivity contribution in [1.29, 1.82) is 0 Å². The minimum Gasteiger partial charge on any atom is -0.290 e. The van der Waals surface area contributed by atoms with Gasteiger partial charge in [-0.05, 0) is 64.2 Å². The topological polar surface area (TPSA) is 51.2 Å². The van der Waals surface area contributed by atoms with Gasteiger partial charge in [-0.25, -0.2) is 0 Å². The number of Topliss-reactive ketones (excluding diaryl/α,β-unsaturated/α-hetero) is 3. The number of ketones is 3. The summed E-state index contributed by atoms with van der Waals surface area (Å²) in [4.78, 5) is 37.3. The number of carbonyl (C=O) groups is 3. The van der Waals surface area contributed by atoms with Crippen molar-refractivity contribution >= 4 is 17.3 Å². The highest BCUT2D eigenvalue weighted by Gasteiger charge is 2.33. The van der Waals surface area contributed by atoms with Gasteiger partial charge in [0.15, 0.2) is 0 Å². The van der Waals surface area contributed by atoms with Gasteiger partial charge in [-0.15, -0.1) is 13.2 Å². The number of carbonyl (C=O) groups excluding carboxylic acids is 3. The fraction of sp³-hybridized carbons (Fsp3) is 0.560. The maximum atomic E-state index is 12.5. The van der Waals surface area contributed by atoms with E-state index in [2.05, 4.69) is 25.3 Å². The summed E-state index contributed by atoms with van der Waals surface area (Å²) in [5.41, 5.74) is 1.43. The maximum Gasteiger partial charge on any atom is 0.264 e. The molecular weight excluding hydrogens is 348 g/mol. The van der Waals surface area contributed by atoms with Crippen LogP contribution in [0.1, 0.15) is 80.1 Å². The van der Waals surface area contributed by atoms with Crippen molar-refractivity contribution in [3.63, 3.8) is 0 Å². The summed E-state index contributed by atoms with van der Waals surface area (Å²) >= 11 is 0. The predicted octanol–water partition coefficient (Wildman–Crippen LogP) is 6.35. The van der Waals surface area contributed by atoms with Crippen LogP contribution in [0.2, 0.25) is 0 Å². The van der Waals surface area contributed by atoms with Gasteiger partial charge in [-0.1, -0.05) is 49.3 Å². The van der Waals surface area contributed by atoms with E-state index in [-0.39, 0.29) is 12.8 Å². The lowest BCUT2D eigenvalue weighted by Crippen LogP contribution is -2.32. The third-order valence-corrected chi connectivity index (χ3v) is 5.16. The Labute approximate surface area is 171 Å². The van der Waals surface area contributed by atoms with E-state index in [1.54, 1.807) is 12.2 Å². The molecule has 2 unspecified atom stereocenters. The first-order valence-corrected chi connectivity index (χ1v) is 10.0. The molecule has 0 heterocycles. The molecule has 0 aliphatic rings. The lowest BCUT2D eigenvalue weighted by atomic mass is 9.77. The van der Waals surface area contributed by atoms with Crippen LogP contribution in [0.25, 0.3) is 0 Å². The molecule has 156 valence electrons. The van der Waals surface area contributed by atoms with Gasteiger partial charge < -0.3 is 0 Å². The molecule has 3 heteroatoms. The van der Waals surface area contributed by atoms with Crippen molar-refractivity contribution in [2.24, 2.45) is 10.8 Å². The number of allylic oxidation sites excluding steroid dienone is 6. The highest BCUT2D eigenvalue weighted by molar-refractivity contribution is 6.64. The molecule has 0 aromatic carbocycles. The predicted molar refractivity (Wildman–Crippen MR) is 118 cm³/mol. The summed E-state index contributed by atoms with van der Waals surface area (Å²) in [5, 5.41) is 0. The van der Waals surface area contributed by atoms with Crippen LogP contribution in [0.4, 0.5) is 0 Å². The monoisotopic (exact) mass is 386 g/mol. The van der Waals surface area contributed by atoms with Gasteiger partial charge in [0, 0.05) is 12.8 Å². The first-order chi connectivity index (χ1) is 12.9. The second kappa shape index (κ2) is 11.7. The lowest BCUT2D eigenvalue weighted by Gasteiger charge is -2.25. The van der Waals surface area contributed by atoms with E-state index in [9.17, 15) is 14.4 Å². The molecule has 0 saturated carbocycles. The van der Waals surface area contributed by atoms with E-state index in [0.717, 1.165) is 12.8 Å². The molecule has 0 aliphatic heterocycles. The molecule has 0 saturated heterocycles. The van der Waals surface area contributed by atoms with Crippen molar-refractivity contribution in [2.75, 3.05) is 0 Å². The molecule has 0 N–H and O–H groups in total. The van der Waals surface area contributed by atoms with Crippen LogP contribution in [0.3, 0.4) is 0 Å². The van der Waals surface area contributed by atoms with Crippen LogP contribution in [-0.2, 0) is 14.4 Å². The summed E-state index contributed by atoms with van der Waals surface area (Å²) in [6.07, 6.45) is 10.7. The Balaban J connectivity index is 4.99. The van der Waals surface area contributed by atoms with E-state index in [1.807, 2.05) is 41.5 Å². The van der Waals surface area contributed by atoms with Gasteiger partial charge >= 0.3 is 0 Å². The van der Waals surface area contributed by atoms with Crippen molar-refractivity contribution in [3.8, 4) is 0 Å². The molecule has 0 amide bonds. The van der Waals surface area contributed by atoms with Crippen molar-refractivity contribution in [3.05, 3.63) is 48.6 Å². The number of rotatable bonds is 14. The zero-order chi connectivity index (χ0) is 22.0. The van der Waals surface area contributed by atoms with Gasteiger partial charge in [0.2, 0.25) is 11.6 Å². The van der Waals surface area contributed by atoms with Crippen LogP contribution >= 0.6 is 0 Å². The van der Waals surface area contributed by atoms with Gasteiger partial charge in [-0.3, -0.25) is 14.4 Å². The third-order valence-electron chi connectivity index (χ3n) is 5.16. The summed E-state index contributed by atoms with van der Waals surface area (Å²) in [7, 11) is 0. The Morgan fingerprint density at radius 2 is 1.04 bits per heavy atom. The SMILES string of the molecule is C=CC(C)(CCC=C(C)C)CC(=O)C(=O)C(=O)CC(C)(C=C)CCC=C(C)C. The normalized spacial score (nSPS) is 14.8. The molecular formula is C25H38O3. The lowest BCUT2D eigenvalue weighted by molar-refractivity contribution is -0.145. The van der Waals surface area contributed by atoms with Gasteiger partial charge in [0.1, 0.15) is 0 Å². The van der Waals surface area contributed by atoms with Crippen LogP contribution in [0.5, 0.6) is 0 Å². The second-order valence-corrected chi connectivity index (χ2v) is 8.89. The zero-order valence-electron chi connectivity index (χ0n) is 18.7. The minimum absolute atomic E-state index is 0.0141. The molecule has 0 rings (SSSR count). The van der Waals surface area contributed by atoms with E-state index in [1.165, 1.54) is 11.1 Å². The Morgan fingerprint density at radius 1 is 0.714 bits per heavy atom. The summed E-state index contributed by atoms with van der Waals surface area (Å²) in [6.45, 7) is 19.5. The smallest absolute Gasteiger partial charge is 0.264 e. The highest BCUT2D eigenvalue weighted by atomic mass is 16.2. The van der Waals surface area contributed by atoms with Crippen LogP contribution < -0.4 is 0 Å². The molecule has 0 fully saturated rings. The van der Waals surface area contributed by atoms with E-state index < -0.39 is 28.2 Å². The molecule has 0 spiro atoms. The minimum atomic E-state index is -0.898. The van der Waals surface area contributed by atoms with Crippen LogP contribution in [0.15, 0.2) is 48.6 Å². The average molecular weight is 387 g/mol. The van der Waals surface area contributed by atoms with Gasteiger partial charge in [0.05, 0.1) is 0 Å². The standard InChI is InChI=1S/C25H38O3/c1-9-24(7,15-11-13-19(3)4)17-21(26)23(28)22(27)18-25(8,10-2)16-12-14-20(5)6/h9-10,13-14H,1-2,11-12,15-18H2,3-8H3. The molecule has 0 aromatic rings.